The van der Waals surface area contributed by atoms with Gasteiger partial charge in [-0.3, -0.25) is 0 Å². The molecule has 0 spiro atoms. The van der Waals surface area contributed by atoms with Crippen LogP contribution in [0, 0.1) is 5.82 Å². The summed E-state index contributed by atoms with van der Waals surface area (Å²) in [4.78, 5) is 10.2. The van der Waals surface area contributed by atoms with E-state index in [1.807, 2.05) is 0 Å². The van der Waals surface area contributed by atoms with Crippen LogP contribution in [0.4, 0.5) is 21.8 Å². The summed E-state index contributed by atoms with van der Waals surface area (Å²) in [5, 5.41) is 3.11. The second-order valence-corrected chi connectivity index (χ2v) is 4.18. The normalized spacial score (nSPS) is 10.3. The minimum absolute atomic E-state index is 0.272. The Kier molecular flexibility index (Phi) is 4.28. The third-order valence-corrected chi connectivity index (χ3v) is 2.73. The lowest BCUT2D eigenvalue weighted by Crippen LogP contribution is -2.14. The van der Waals surface area contributed by atoms with E-state index in [0.717, 1.165) is 13.0 Å². The predicted octanol–water partition coefficient (Wildman–Crippen LogP) is 3.21. The first-order chi connectivity index (χ1) is 9.22. The van der Waals surface area contributed by atoms with Gasteiger partial charge in [0.05, 0.1) is 5.69 Å². The van der Waals surface area contributed by atoms with Gasteiger partial charge >= 0.3 is 0 Å². The zero-order valence-corrected chi connectivity index (χ0v) is 11.1. The van der Waals surface area contributed by atoms with Crippen molar-refractivity contribution in [1.29, 1.82) is 0 Å². The molecule has 5 heteroatoms. The first-order valence-corrected chi connectivity index (χ1v) is 6.27. The molecule has 0 bridgehead atoms. The van der Waals surface area contributed by atoms with Crippen LogP contribution in [0.3, 0.4) is 0 Å². The molecular weight excluding hydrogens is 243 g/mol. The first-order valence-electron chi connectivity index (χ1n) is 6.27. The lowest BCUT2D eigenvalue weighted by atomic mass is 10.3. The highest BCUT2D eigenvalue weighted by Crippen LogP contribution is 2.24. The van der Waals surface area contributed by atoms with Crippen molar-refractivity contribution in [3.05, 3.63) is 42.3 Å². The average molecular weight is 260 g/mol. The first kappa shape index (κ1) is 13.3. The van der Waals surface area contributed by atoms with Gasteiger partial charge in [0.2, 0.25) is 5.95 Å². The quantitative estimate of drug-likeness (QED) is 0.896. The maximum Gasteiger partial charge on any atom is 0.224 e. The number of para-hydroxylation sites is 1. The summed E-state index contributed by atoms with van der Waals surface area (Å²) >= 11 is 0. The van der Waals surface area contributed by atoms with Crippen molar-refractivity contribution in [2.24, 2.45) is 0 Å². The molecule has 0 fully saturated rings. The Morgan fingerprint density at radius 2 is 2.05 bits per heavy atom. The van der Waals surface area contributed by atoms with E-state index in [4.69, 9.17) is 0 Å². The Labute approximate surface area is 112 Å². The molecule has 1 N–H and O–H groups in total. The SMILES string of the molecule is CCCNc1nccc(N(C)c2ccccc2F)n1. The van der Waals surface area contributed by atoms with Gasteiger partial charge in [0.25, 0.3) is 0 Å². The molecule has 0 unspecified atom stereocenters. The van der Waals surface area contributed by atoms with Crippen molar-refractivity contribution in [3.8, 4) is 0 Å². The Bertz CT molecular complexity index is 544. The van der Waals surface area contributed by atoms with Crippen molar-refractivity contribution >= 4 is 17.5 Å². The molecule has 4 nitrogen and oxygen atoms in total. The highest BCUT2D eigenvalue weighted by molar-refractivity contribution is 5.60. The molecule has 0 saturated carbocycles. The standard InChI is InChI=1S/C14H17FN4/c1-3-9-16-14-17-10-8-13(18-14)19(2)12-7-5-4-6-11(12)15/h4-8,10H,3,9H2,1-2H3,(H,16,17,18). The number of anilines is 3. The number of nitrogens with zero attached hydrogens (tertiary/aromatic N) is 3. The molecule has 19 heavy (non-hydrogen) atoms. The van der Waals surface area contributed by atoms with Crippen LogP contribution in [0.25, 0.3) is 0 Å². The fraction of sp³-hybridized carbons (Fsp3) is 0.286. The number of nitrogens with one attached hydrogen (secondary N) is 1. The molecule has 0 atom stereocenters. The number of rotatable bonds is 5. The lowest BCUT2D eigenvalue weighted by Gasteiger charge is -2.19. The zero-order chi connectivity index (χ0) is 13.7. The minimum atomic E-state index is -0.272. The number of halogens is 1. The van der Waals surface area contributed by atoms with Gasteiger partial charge < -0.3 is 10.2 Å². The zero-order valence-electron chi connectivity index (χ0n) is 11.1. The maximum atomic E-state index is 13.7. The Balaban J connectivity index is 2.24. The molecule has 1 aromatic carbocycles. The third-order valence-electron chi connectivity index (χ3n) is 2.73. The van der Waals surface area contributed by atoms with Crippen molar-refractivity contribution in [2.75, 3.05) is 23.8 Å². The molecule has 0 amide bonds. The lowest BCUT2D eigenvalue weighted by molar-refractivity contribution is 0.627. The second-order valence-electron chi connectivity index (χ2n) is 4.18. The Morgan fingerprint density at radius 1 is 1.26 bits per heavy atom. The van der Waals surface area contributed by atoms with Crippen molar-refractivity contribution in [3.63, 3.8) is 0 Å². The predicted molar refractivity (Wildman–Crippen MR) is 75.3 cm³/mol. The molecule has 0 aliphatic heterocycles. The van der Waals surface area contributed by atoms with Gasteiger partial charge in [-0.05, 0) is 24.6 Å². The van der Waals surface area contributed by atoms with E-state index >= 15 is 0 Å². The van der Waals surface area contributed by atoms with Gasteiger partial charge in [0.1, 0.15) is 11.6 Å². The molecule has 0 radical (unpaired) electrons. The van der Waals surface area contributed by atoms with Crippen molar-refractivity contribution in [1.82, 2.24) is 9.97 Å². The van der Waals surface area contributed by atoms with E-state index in [1.54, 1.807) is 42.4 Å². The van der Waals surface area contributed by atoms with Gasteiger partial charge in [0.15, 0.2) is 0 Å². The summed E-state index contributed by atoms with van der Waals surface area (Å²) in [6.07, 6.45) is 2.66. The second kappa shape index (κ2) is 6.13. The van der Waals surface area contributed by atoms with Crippen LogP contribution in [-0.4, -0.2) is 23.6 Å². The topological polar surface area (TPSA) is 41.1 Å². The Hall–Kier alpha value is -2.17. The van der Waals surface area contributed by atoms with Gasteiger partial charge in [-0.2, -0.15) is 4.98 Å². The highest BCUT2D eigenvalue weighted by Gasteiger charge is 2.10. The van der Waals surface area contributed by atoms with Crippen LogP contribution >= 0.6 is 0 Å². The number of hydrogen-bond acceptors (Lipinski definition) is 4. The van der Waals surface area contributed by atoms with Crippen LogP contribution < -0.4 is 10.2 Å². The third kappa shape index (κ3) is 3.19. The van der Waals surface area contributed by atoms with E-state index in [2.05, 4.69) is 22.2 Å². The van der Waals surface area contributed by atoms with E-state index < -0.39 is 0 Å². The molecular formula is C14H17FN4. The van der Waals surface area contributed by atoms with Crippen LogP contribution in [-0.2, 0) is 0 Å². The summed E-state index contributed by atoms with van der Waals surface area (Å²) in [7, 11) is 1.78. The summed E-state index contributed by atoms with van der Waals surface area (Å²) < 4.78 is 13.7. The molecule has 2 rings (SSSR count). The van der Waals surface area contributed by atoms with Crippen LogP contribution in [0.2, 0.25) is 0 Å². The molecule has 0 saturated heterocycles. The summed E-state index contributed by atoms with van der Waals surface area (Å²) in [5.41, 5.74) is 0.489. The maximum absolute atomic E-state index is 13.7. The summed E-state index contributed by atoms with van der Waals surface area (Å²) in [6.45, 7) is 2.88. The minimum Gasteiger partial charge on any atom is -0.354 e. The van der Waals surface area contributed by atoms with E-state index in [1.165, 1.54) is 6.07 Å². The van der Waals surface area contributed by atoms with E-state index in [9.17, 15) is 4.39 Å². The van der Waals surface area contributed by atoms with Gasteiger partial charge in [0, 0.05) is 19.8 Å². The van der Waals surface area contributed by atoms with E-state index in [-0.39, 0.29) is 5.82 Å². The van der Waals surface area contributed by atoms with Crippen LogP contribution in [0.5, 0.6) is 0 Å². The summed E-state index contributed by atoms with van der Waals surface area (Å²) in [6, 6.07) is 8.37. The van der Waals surface area contributed by atoms with Crippen molar-refractivity contribution < 1.29 is 4.39 Å². The number of benzene rings is 1. The summed E-state index contributed by atoms with van der Waals surface area (Å²) in [5.74, 6) is 0.938. The molecule has 100 valence electrons. The van der Waals surface area contributed by atoms with Gasteiger partial charge in [-0.25, -0.2) is 9.37 Å². The molecule has 0 aliphatic rings. The van der Waals surface area contributed by atoms with Gasteiger partial charge in [-0.1, -0.05) is 19.1 Å². The van der Waals surface area contributed by atoms with Crippen LogP contribution in [0.15, 0.2) is 36.5 Å². The van der Waals surface area contributed by atoms with Crippen LogP contribution in [0.1, 0.15) is 13.3 Å². The molecule has 1 aromatic heterocycles. The Morgan fingerprint density at radius 3 is 2.79 bits per heavy atom. The monoisotopic (exact) mass is 260 g/mol. The average Bonchev–Trinajstić information content (AvgIpc) is 2.45. The van der Waals surface area contributed by atoms with E-state index in [0.29, 0.717) is 17.5 Å². The molecule has 2 aromatic rings. The van der Waals surface area contributed by atoms with Gasteiger partial charge in [-0.15, -0.1) is 0 Å². The smallest absolute Gasteiger partial charge is 0.224 e. The molecule has 1 heterocycles. The largest absolute Gasteiger partial charge is 0.354 e. The number of hydrogen-bond donors (Lipinski definition) is 1. The fourth-order valence-corrected chi connectivity index (χ4v) is 1.71. The number of aromatic nitrogens is 2. The molecule has 0 aliphatic carbocycles. The fourth-order valence-electron chi connectivity index (χ4n) is 1.71. The van der Waals surface area contributed by atoms with Crippen molar-refractivity contribution in [2.45, 2.75) is 13.3 Å². The highest BCUT2D eigenvalue weighted by atomic mass is 19.1.